The second-order valence-electron chi connectivity index (χ2n) is 3.40. The molecule has 4 nitrogen and oxygen atoms in total. The summed E-state index contributed by atoms with van der Waals surface area (Å²) in [5, 5.41) is 0. The van der Waals surface area contributed by atoms with Crippen LogP contribution in [-0.4, -0.2) is 31.6 Å². The topological polar surface area (TPSA) is 47.9 Å². The van der Waals surface area contributed by atoms with Crippen molar-refractivity contribution in [2.75, 3.05) is 13.7 Å². The molecule has 1 aliphatic heterocycles. The molecule has 0 unspecified atom stereocenters. The Morgan fingerprint density at radius 3 is 2.86 bits per heavy atom. The number of carbonyl (C=O) groups excluding carboxylic acids is 1. The third kappa shape index (κ3) is 2.47. The van der Waals surface area contributed by atoms with Crippen LogP contribution in [0.5, 0.6) is 0 Å². The van der Waals surface area contributed by atoms with Crippen molar-refractivity contribution >= 4 is 11.9 Å². The van der Waals surface area contributed by atoms with E-state index in [0.29, 0.717) is 12.5 Å². The fraction of sp³-hybridized carbons (Fsp3) is 0.800. The molecule has 0 aromatic heterocycles. The molecule has 1 rings (SSSR count). The van der Waals surface area contributed by atoms with Gasteiger partial charge in [0, 0.05) is 0 Å². The van der Waals surface area contributed by atoms with E-state index in [1.807, 2.05) is 13.8 Å². The molecule has 14 heavy (non-hydrogen) atoms. The number of carbonyl (C=O) groups is 1. The predicted molar refractivity (Wildman–Crippen MR) is 53.3 cm³/mol. The highest BCUT2D eigenvalue weighted by Gasteiger charge is 2.30. The fourth-order valence-electron chi connectivity index (χ4n) is 1.55. The highest BCUT2D eigenvalue weighted by Crippen LogP contribution is 2.21. The maximum absolute atomic E-state index is 11.4. The first-order valence-electron chi connectivity index (χ1n) is 4.97. The first-order valence-corrected chi connectivity index (χ1v) is 4.97. The summed E-state index contributed by atoms with van der Waals surface area (Å²) in [6.45, 7) is 4.45. The lowest BCUT2D eigenvalue weighted by Gasteiger charge is -2.23. The summed E-state index contributed by atoms with van der Waals surface area (Å²) in [6.07, 6.45) is 1.68. The summed E-state index contributed by atoms with van der Waals surface area (Å²) >= 11 is 0. The lowest BCUT2D eigenvalue weighted by Crippen LogP contribution is -2.32. The largest absolute Gasteiger partial charge is 0.481 e. The standard InChI is InChI=1S/C10H17NO3/c1-4-14-9-8(10(12)13-3)6-5-7(2)11-9/h7-8H,4-6H2,1-3H3/t7-,8-/m0/s1. The molecule has 0 bridgehead atoms. The van der Waals surface area contributed by atoms with Crippen molar-refractivity contribution in [1.82, 2.24) is 0 Å². The smallest absolute Gasteiger partial charge is 0.318 e. The monoisotopic (exact) mass is 199 g/mol. The zero-order valence-corrected chi connectivity index (χ0v) is 8.95. The van der Waals surface area contributed by atoms with Gasteiger partial charge in [-0.2, -0.15) is 0 Å². The van der Waals surface area contributed by atoms with E-state index in [0.717, 1.165) is 12.8 Å². The van der Waals surface area contributed by atoms with Crippen LogP contribution >= 0.6 is 0 Å². The number of aliphatic imine (C=N–C) groups is 1. The van der Waals surface area contributed by atoms with Crippen LogP contribution in [0.2, 0.25) is 0 Å². The molecule has 0 amide bonds. The van der Waals surface area contributed by atoms with E-state index in [-0.39, 0.29) is 17.9 Å². The first kappa shape index (κ1) is 11.0. The normalized spacial score (nSPS) is 26.6. The average molecular weight is 199 g/mol. The Hall–Kier alpha value is -1.06. The summed E-state index contributed by atoms with van der Waals surface area (Å²) in [5.41, 5.74) is 0. The number of rotatable bonds is 2. The number of esters is 1. The molecule has 0 saturated heterocycles. The molecule has 4 heteroatoms. The van der Waals surface area contributed by atoms with E-state index in [1.165, 1.54) is 7.11 Å². The van der Waals surface area contributed by atoms with Crippen LogP contribution in [0.25, 0.3) is 0 Å². The van der Waals surface area contributed by atoms with Crippen molar-refractivity contribution in [3.05, 3.63) is 0 Å². The van der Waals surface area contributed by atoms with Gasteiger partial charge in [-0.25, -0.2) is 0 Å². The van der Waals surface area contributed by atoms with E-state index in [4.69, 9.17) is 9.47 Å². The minimum Gasteiger partial charge on any atom is -0.481 e. The molecule has 1 aliphatic rings. The summed E-state index contributed by atoms with van der Waals surface area (Å²) in [6, 6.07) is 0.248. The number of methoxy groups -OCH3 is 1. The molecule has 0 saturated carbocycles. The van der Waals surface area contributed by atoms with Crippen LogP contribution < -0.4 is 0 Å². The van der Waals surface area contributed by atoms with Crippen LogP contribution in [0.4, 0.5) is 0 Å². The second-order valence-corrected chi connectivity index (χ2v) is 3.40. The predicted octanol–water partition coefficient (Wildman–Crippen LogP) is 1.39. The third-order valence-electron chi connectivity index (χ3n) is 2.30. The maximum Gasteiger partial charge on any atom is 0.318 e. The molecular formula is C10H17NO3. The summed E-state index contributed by atoms with van der Waals surface area (Å²) in [7, 11) is 1.39. The number of nitrogens with zero attached hydrogens (tertiary/aromatic N) is 1. The zero-order valence-electron chi connectivity index (χ0n) is 8.95. The van der Waals surface area contributed by atoms with Crippen LogP contribution in [0.3, 0.4) is 0 Å². The molecule has 80 valence electrons. The van der Waals surface area contributed by atoms with Crippen LogP contribution in [0, 0.1) is 5.92 Å². The van der Waals surface area contributed by atoms with Gasteiger partial charge in [-0.05, 0) is 26.7 Å². The van der Waals surface area contributed by atoms with Crippen molar-refractivity contribution in [3.63, 3.8) is 0 Å². The lowest BCUT2D eigenvalue weighted by molar-refractivity contribution is -0.143. The Kier molecular flexibility index (Phi) is 3.92. The van der Waals surface area contributed by atoms with Gasteiger partial charge in [-0.1, -0.05) is 0 Å². The molecule has 0 N–H and O–H groups in total. The van der Waals surface area contributed by atoms with Crippen molar-refractivity contribution in [2.45, 2.75) is 32.7 Å². The maximum atomic E-state index is 11.4. The highest BCUT2D eigenvalue weighted by atomic mass is 16.5. The van der Waals surface area contributed by atoms with Crippen molar-refractivity contribution in [3.8, 4) is 0 Å². The van der Waals surface area contributed by atoms with Crippen LogP contribution in [-0.2, 0) is 14.3 Å². The Bertz CT molecular complexity index is 238. The van der Waals surface area contributed by atoms with E-state index >= 15 is 0 Å². The SMILES string of the molecule is CCOC1=N[C@@H](C)CC[C@@H]1C(=O)OC. The van der Waals surface area contributed by atoms with Crippen molar-refractivity contribution in [2.24, 2.45) is 10.9 Å². The minimum absolute atomic E-state index is 0.246. The average Bonchev–Trinajstić information content (AvgIpc) is 2.17. The molecule has 1 heterocycles. The Labute approximate surface area is 84.3 Å². The first-order chi connectivity index (χ1) is 6.69. The molecule has 0 fully saturated rings. The van der Waals surface area contributed by atoms with Gasteiger partial charge >= 0.3 is 5.97 Å². The quantitative estimate of drug-likeness (QED) is 0.631. The molecule has 0 spiro atoms. The third-order valence-corrected chi connectivity index (χ3v) is 2.30. The Morgan fingerprint density at radius 2 is 2.29 bits per heavy atom. The van der Waals surface area contributed by atoms with Gasteiger partial charge in [-0.3, -0.25) is 9.79 Å². The molecular weight excluding hydrogens is 182 g/mol. The Morgan fingerprint density at radius 1 is 1.57 bits per heavy atom. The summed E-state index contributed by atoms with van der Waals surface area (Å²) in [5.74, 6) is -0.00153. The van der Waals surface area contributed by atoms with Gasteiger partial charge < -0.3 is 9.47 Å². The van der Waals surface area contributed by atoms with Gasteiger partial charge in [0.2, 0.25) is 0 Å². The zero-order chi connectivity index (χ0) is 10.6. The van der Waals surface area contributed by atoms with E-state index in [9.17, 15) is 4.79 Å². The number of hydrogen-bond acceptors (Lipinski definition) is 4. The van der Waals surface area contributed by atoms with E-state index < -0.39 is 0 Å². The molecule has 0 radical (unpaired) electrons. The van der Waals surface area contributed by atoms with Crippen LogP contribution in [0.15, 0.2) is 4.99 Å². The van der Waals surface area contributed by atoms with Gasteiger partial charge in [-0.15, -0.1) is 0 Å². The lowest BCUT2D eigenvalue weighted by atomic mass is 9.97. The minimum atomic E-state index is -0.295. The van der Waals surface area contributed by atoms with Crippen molar-refractivity contribution in [1.29, 1.82) is 0 Å². The van der Waals surface area contributed by atoms with Gasteiger partial charge in [0.15, 0.2) is 5.90 Å². The van der Waals surface area contributed by atoms with Gasteiger partial charge in [0.05, 0.1) is 19.8 Å². The molecule has 0 aliphatic carbocycles. The van der Waals surface area contributed by atoms with E-state index in [1.54, 1.807) is 0 Å². The molecule has 0 aromatic rings. The summed E-state index contributed by atoms with van der Waals surface area (Å²) in [4.78, 5) is 15.7. The Balaban J connectivity index is 2.74. The number of hydrogen-bond donors (Lipinski definition) is 0. The van der Waals surface area contributed by atoms with Gasteiger partial charge in [0.1, 0.15) is 5.92 Å². The van der Waals surface area contributed by atoms with Crippen molar-refractivity contribution < 1.29 is 14.3 Å². The number of ether oxygens (including phenoxy) is 2. The van der Waals surface area contributed by atoms with Gasteiger partial charge in [0.25, 0.3) is 0 Å². The molecule has 2 atom stereocenters. The van der Waals surface area contributed by atoms with E-state index in [2.05, 4.69) is 4.99 Å². The fourth-order valence-corrected chi connectivity index (χ4v) is 1.55. The second kappa shape index (κ2) is 4.98. The van der Waals surface area contributed by atoms with Crippen LogP contribution in [0.1, 0.15) is 26.7 Å². The highest BCUT2D eigenvalue weighted by molar-refractivity contribution is 5.98. The summed E-state index contributed by atoms with van der Waals surface area (Å²) < 4.78 is 10.0. The molecule has 0 aromatic carbocycles.